The standard InChI is InChI=1S/C15H14N4O2S/c1-18-13(20)12-8-11(22-14(12)19(2)15(18)21)9-16-17-10-6-4-3-5-7-10/h3-9,17H,1-2H3/b16-9+. The molecule has 7 heteroatoms. The highest BCUT2D eigenvalue weighted by atomic mass is 32.1. The largest absolute Gasteiger partial charge is 0.331 e. The zero-order valence-electron chi connectivity index (χ0n) is 12.1. The number of aromatic nitrogens is 2. The molecule has 0 saturated carbocycles. The molecule has 0 aliphatic heterocycles. The Kier molecular flexibility index (Phi) is 3.64. The summed E-state index contributed by atoms with van der Waals surface area (Å²) in [6, 6.07) is 11.3. The number of fused-ring (bicyclic) bond motifs is 1. The quantitative estimate of drug-likeness (QED) is 0.591. The van der Waals surface area contributed by atoms with E-state index in [-0.39, 0.29) is 11.2 Å². The Labute approximate surface area is 130 Å². The summed E-state index contributed by atoms with van der Waals surface area (Å²) >= 11 is 1.36. The third-order valence-corrected chi connectivity index (χ3v) is 4.45. The summed E-state index contributed by atoms with van der Waals surface area (Å²) in [7, 11) is 3.14. The van der Waals surface area contributed by atoms with Gasteiger partial charge in [0.2, 0.25) is 0 Å². The van der Waals surface area contributed by atoms with Crippen molar-refractivity contribution >= 4 is 33.5 Å². The number of aryl methyl sites for hydroxylation is 1. The van der Waals surface area contributed by atoms with E-state index < -0.39 is 0 Å². The van der Waals surface area contributed by atoms with Gasteiger partial charge < -0.3 is 0 Å². The Balaban J connectivity index is 1.96. The minimum Gasteiger partial charge on any atom is -0.287 e. The van der Waals surface area contributed by atoms with E-state index in [0.29, 0.717) is 10.2 Å². The van der Waals surface area contributed by atoms with Gasteiger partial charge in [-0.05, 0) is 18.2 Å². The van der Waals surface area contributed by atoms with Crippen LogP contribution < -0.4 is 16.7 Å². The van der Waals surface area contributed by atoms with Crippen molar-refractivity contribution in [2.24, 2.45) is 19.2 Å². The van der Waals surface area contributed by atoms with Gasteiger partial charge in [-0.1, -0.05) is 18.2 Å². The molecule has 0 radical (unpaired) electrons. The molecule has 0 saturated heterocycles. The van der Waals surface area contributed by atoms with Crippen molar-refractivity contribution < 1.29 is 0 Å². The molecule has 0 amide bonds. The molecule has 6 nitrogen and oxygen atoms in total. The number of hydrogen-bond acceptors (Lipinski definition) is 5. The third kappa shape index (κ3) is 2.46. The second kappa shape index (κ2) is 5.61. The molecule has 3 aromatic rings. The van der Waals surface area contributed by atoms with Crippen LogP contribution in [0.1, 0.15) is 4.88 Å². The highest BCUT2D eigenvalue weighted by Gasteiger charge is 2.11. The molecule has 0 aliphatic rings. The van der Waals surface area contributed by atoms with Gasteiger partial charge in [-0.25, -0.2) is 4.79 Å². The van der Waals surface area contributed by atoms with Gasteiger partial charge in [0, 0.05) is 14.1 Å². The van der Waals surface area contributed by atoms with E-state index in [1.54, 1.807) is 19.3 Å². The lowest BCUT2D eigenvalue weighted by molar-refractivity contribution is 0.717. The van der Waals surface area contributed by atoms with Gasteiger partial charge in [0.1, 0.15) is 4.83 Å². The molecule has 22 heavy (non-hydrogen) atoms. The first-order valence-electron chi connectivity index (χ1n) is 6.61. The van der Waals surface area contributed by atoms with Crippen molar-refractivity contribution in [2.45, 2.75) is 0 Å². The maximum atomic E-state index is 12.1. The number of para-hydroxylation sites is 1. The van der Waals surface area contributed by atoms with Crippen LogP contribution in [-0.2, 0) is 14.1 Å². The lowest BCUT2D eigenvalue weighted by atomic mass is 10.3. The van der Waals surface area contributed by atoms with E-state index in [9.17, 15) is 9.59 Å². The summed E-state index contributed by atoms with van der Waals surface area (Å²) < 4.78 is 2.58. The normalized spacial score (nSPS) is 11.4. The fourth-order valence-corrected chi connectivity index (χ4v) is 3.11. The van der Waals surface area contributed by atoms with Crippen LogP contribution in [0.5, 0.6) is 0 Å². The van der Waals surface area contributed by atoms with E-state index in [4.69, 9.17) is 0 Å². The monoisotopic (exact) mass is 314 g/mol. The van der Waals surface area contributed by atoms with Crippen LogP contribution in [0.2, 0.25) is 0 Å². The number of nitrogens with zero attached hydrogens (tertiary/aromatic N) is 3. The lowest BCUT2D eigenvalue weighted by Gasteiger charge is -2.01. The summed E-state index contributed by atoms with van der Waals surface area (Å²) in [4.78, 5) is 25.5. The van der Waals surface area contributed by atoms with Crippen LogP contribution in [0.25, 0.3) is 10.2 Å². The fraction of sp³-hybridized carbons (Fsp3) is 0.133. The van der Waals surface area contributed by atoms with Crippen LogP contribution in [0.3, 0.4) is 0 Å². The smallest absolute Gasteiger partial charge is 0.287 e. The van der Waals surface area contributed by atoms with Crippen LogP contribution in [0, 0.1) is 0 Å². The van der Waals surface area contributed by atoms with Crippen LogP contribution in [0.15, 0.2) is 51.1 Å². The average Bonchev–Trinajstić information content (AvgIpc) is 2.96. The van der Waals surface area contributed by atoms with Gasteiger partial charge in [0.15, 0.2) is 0 Å². The molecule has 2 heterocycles. The number of nitrogens with one attached hydrogen (secondary N) is 1. The molecule has 1 aromatic carbocycles. The second-order valence-electron chi connectivity index (χ2n) is 4.81. The van der Waals surface area contributed by atoms with Crippen LogP contribution in [-0.4, -0.2) is 15.3 Å². The number of benzene rings is 1. The Morgan fingerprint density at radius 2 is 1.86 bits per heavy atom. The molecule has 112 valence electrons. The van der Waals surface area contributed by atoms with E-state index in [1.165, 1.54) is 23.0 Å². The van der Waals surface area contributed by atoms with Gasteiger partial charge in [-0.15, -0.1) is 11.3 Å². The van der Waals surface area contributed by atoms with Crippen LogP contribution >= 0.6 is 11.3 Å². The van der Waals surface area contributed by atoms with Crippen LogP contribution in [0.4, 0.5) is 5.69 Å². The maximum absolute atomic E-state index is 12.1. The Hall–Kier alpha value is -2.67. The van der Waals surface area contributed by atoms with E-state index in [1.807, 2.05) is 30.3 Å². The molecular weight excluding hydrogens is 300 g/mol. The first kappa shape index (κ1) is 14.3. The van der Waals surface area contributed by atoms with Crippen molar-refractivity contribution in [3.63, 3.8) is 0 Å². The zero-order valence-corrected chi connectivity index (χ0v) is 12.9. The van der Waals surface area contributed by atoms with E-state index in [2.05, 4.69) is 10.5 Å². The van der Waals surface area contributed by atoms with Crippen molar-refractivity contribution in [3.8, 4) is 0 Å². The molecule has 0 unspecified atom stereocenters. The number of hydrogen-bond donors (Lipinski definition) is 1. The first-order chi connectivity index (χ1) is 10.6. The molecular formula is C15H14N4O2S. The highest BCUT2D eigenvalue weighted by molar-refractivity contribution is 7.20. The fourth-order valence-electron chi connectivity index (χ4n) is 2.13. The van der Waals surface area contributed by atoms with Crippen molar-refractivity contribution in [2.75, 3.05) is 5.43 Å². The molecule has 0 spiro atoms. The average molecular weight is 314 g/mol. The topological polar surface area (TPSA) is 68.4 Å². The third-order valence-electron chi connectivity index (χ3n) is 3.30. The van der Waals surface area contributed by atoms with E-state index in [0.717, 1.165) is 15.1 Å². The minimum atomic E-state index is -0.328. The summed E-state index contributed by atoms with van der Waals surface area (Å²) in [6.07, 6.45) is 1.64. The number of hydrazone groups is 1. The SMILES string of the molecule is Cn1c(=O)c2cc(/C=N/Nc3ccccc3)sc2n(C)c1=O. The van der Waals surface area contributed by atoms with Gasteiger partial charge in [0.25, 0.3) is 5.56 Å². The zero-order chi connectivity index (χ0) is 15.7. The Bertz CT molecular complexity index is 967. The summed E-state index contributed by atoms with van der Waals surface area (Å²) in [5.74, 6) is 0. The number of rotatable bonds is 3. The molecule has 0 aliphatic carbocycles. The number of anilines is 1. The molecule has 3 rings (SSSR count). The predicted molar refractivity (Wildman–Crippen MR) is 90.0 cm³/mol. The maximum Gasteiger partial charge on any atom is 0.331 e. The highest BCUT2D eigenvalue weighted by Crippen LogP contribution is 2.20. The first-order valence-corrected chi connectivity index (χ1v) is 7.43. The summed E-state index contributed by atoms with van der Waals surface area (Å²) in [6.45, 7) is 0. The molecule has 1 N–H and O–H groups in total. The van der Waals surface area contributed by atoms with E-state index >= 15 is 0 Å². The van der Waals surface area contributed by atoms with Gasteiger partial charge in [0.05, 0.1) is 22.2 Å². The van der Waals surface area contributed by atoms with Crippen molar-refractivity contribution in [3.05, 3.63) is 62.1 Å². The molecule has 2 aromatic heterocycles. The van der Waals surface area contributed by atoms with Crippen molar-refractivity contribution in [1.29, 1.82) is 0 Å². The Morgan fingerprint density at radius 1 is 1.14 bits per heavy atom. The summed E-state index contributed by atoms with van der Waals surface area (Å²) in [5, 5.41) is 4.67. The van der Waals surface area contributed by atoms with Crippen molar-refractivity contribution in [1.82, 2.24) is 9.13 Å². The molecule has 0 atom stereocenters. The number of thiophene rings is 1. The second-order valence-corrected chi connectivity index (χ2v) is 5.87. The predicted octanol–water partition coefficient (Wildman–Crippen LogP) is 1.74. The van der Waals surface area contributed by atoms with Gasteiger partial charge in [-0.2, -0.15) is 5.10 Å². The Morgan fingerprint density at radius 3 is 2.59 bits per heavy atom. The molecule has 0 fully saturated rings. The lowest BCUT2D eigenvalue weighted by Crippen LogP contribution is -2.36. The van der Waals surface area contributed by atoms with Gasteiger partial charge in [-0.3, -0.25) is 19.4 Å². The summed E-state index contributed by atoms with van der Waals surface area (Å²) in [5.41, 5.74) is 3.18. The minimum absolute atomic E-state index is 0.287. The van der Waals surface area contributed by atoms with Gasteiger partial charge >= 0.3 is 5.69 Å². The molecule has 0 bridgehead atoms.